The fourth-order valence-electron chi connectivity index (χ4n) is 14.1. The number of ether oxygens (including phenoxy) is 1. The molecule has 6 fully saturated rings. The van der Waals surface area contributed by atoms with Crippen molar-refractivity contribution in [2.45, 2.75) is 149 Å². The molecule has 0 spiro atoms. The number of fused-ring (bicyclic) bond motifs is 11. The van der Waals surface area contributed by atoms with Crippen LogP contribution in [0.1, 0.15) is 142 Å². The van der Waals surface area contributed by atoms with E-state index in [9.17, 15) is 14.7 Å². The minimum atomic E-state index is -0.909. The third kappa shape index (κ3) is 4.87. The second kappa shape index (κ2) is 11.9. The molecule has 0 aliphatic heterocycles. The lowest BCUT2D eigenvalue weighted by Gasteiger charge is -2.58. The van der Waals surface area contributed by atoms with Gasteiger partial charge in [0.1, 0.15) is 11.7 Å². The van der Waals surface area contributed by atoms with Gasteiger partial charge in [0.25, 0.3) is 0 Å². The summed E-state index contributed by atoms with van der Waals surface area (Å²) in [6.45, 7) is 11.4. The number of carbonyl (C=O) groups is 2. The average molecular weight is 682 g/mol. The van der Waals surface area contributed by atoms with E-state index in [1.165, 1.54) is 36.8 Å². The first-order valence-corrected chi connectivity index (χ1v) is 20.1. The Hall–Kier alpha value is -2.65. The van der Waals surface area contributed by atoms with Gasteiger partial charge in [-0.2, -0.15) is 0 Å². The lowest BCUT2D eigenvalue weighted by Crippen LogP contribution is -2.54. The smallest absolute Gasteiger partial charge is 0.305 e. The molecule has 0 bridgehead atoms. The van der Waals surface area contributed by atoms with Crippen molar-refractivity contribution in [3.05, 3.63) is 34.7 Å². The molecule has 12 unspecified atom stereocenters. The number of esters is 1. The third-order valence-corrected chi connectivity index (χ3v) is 17.1. The molecular formula is C44H59NO5. The summed E-state index contributed by atoms with van der Waals surface area (Å²) < 4.78 is 11.3. The Morgan fingerprint density at radius 1 is 0.880 bits per heavy atom. The van der Waals surface area contributed by atoms with Gasteiger partial charge in [-0.05, 0) is 148 Å². The molecule has 1 aromatic rings. The highest BCUT2D eigenvalue weighted by molar-refractivity contribution is 5.91. The van der Waals surface area contributed by atoms with Crippen LogP contribution < -0.4 is 0 Å². The molecule has 6 saturated carbocycles. The van der Waals surface area contributed by atoms with E-state index in [0.717, 1.165) is 82.3 Å². The molecule has 0 aromatic carbocycles. The number of allylic oxidation sites excluding steroid dienone is 2. The number of carbonyl (C=O) groups excluding carboxylic acids is 2. The maximum atomic E-state index is 11.9. The van der Waals surface area contributed by atoms with Gasteiger partial charge in [0.2, 0.25) is 0 Å². The van der Waals surface area contributed by atoms with Gasteiger partial charge in [-0.25, -0.2) is 0 Å². The predicted octanol–water partition coefficient (Wildman–Crippen LogP) is 9.06. The van der Waals surface area contributed by atoms with E-state index in [1.54, 1.807) is 5.57 Å². The van der Waals surface area contributed by atoms with Gasteiger partial charge in [0.15, 0.2) is 11.5 Å². The van der Waals surface area contributed by atoms with Crippen molar-refractivity contribution < 1.29 is 24.0 Å². The first kappa shape index (κ1) is 34.4. The van der Waals surface area contributed by atoms with Gasteiger partial charge in [-0.15, -0.1) is 6.42 Å². The van der Waals surface area contributed by atoms with Crippen molar-refractivity contribution in [3.63, 3.8) is 0 Å². The van der Waals surface area contributed by atoms with Crippen molar-refractivity contribution >= 4 is 17.8 Å². The minimum Gasteiger partial charge on any atom is -0.462 e. The summed E-state index contributed by atoms with van der Waals surface area (Å²) in [4.78, 5) is 23.8. The van der Waals surface area contributed by atoms with Crippen molar-refractivity contribution in [1.29, 1.82) is 0 Å². The highest BCUT2D eigenvalue weighted by Gasteiger charge is 2.64. The van der Waals surface area contributed by atoms with E-state index < -0.39 is 5.60 Å². The molecule has 9 rings (SSSR count). The zero-order valence-corrected chi connectivity index (χ0v) is 31.2. The summed E-state index contributed by atoms with van der Waals surface area (Å²) in [5.41, 5.74) is 3.81. The lowest BCUT2D eigenvalue weighted by atomic mass is 9.46. The summed E-state index contributed by atoms with van der Waals surface area (Å²) in [7, 11) is 0. The van der Waals surface area contributed by atoms with E-state index in [4.69, 9.17) is 15.7 Å². The van der Waals surface area contributed by atoms with Crippen molar-refractivity contribution in [2.75, 3.05) is 0 Å². The van der Waals surface area contributed by atoms with Gasteiger partial charge < -0.3 is 14.4 Å². The largest absolute Gasteiger partial charge is 0.462 e. The summed E-state index contributed by atoms with van der Waals surface area (Å²) in [5.74, 6) is 8.05. The van der Waals surface area contributed by atoms with E-state index in [-0.39, 0.29) is 33.7 Å². The van der Waals surface area contributed by atoms with Crippen LogP contribution in [0.4, 0.5) is 0 Å². The van der Waals surface area contributed by atoms with E-state index in [1.807, 2.05) is 19.2 Å². The molecule has 12 atom stereocenters. The van der Waals surface area contributed by atoms with Gasteiger partial charge >= 0.3 is 5.97 Å². The number of nitrogens with zero attached hydrogens (tertiary/aromatic N) is 1. The maximum Gasteiger partial charge on any atom is 0.305 e. The molecule has 1 heterocycles. The molecule has 50 heavy (non-hydrogen) atoms. The standard InChI is InChI=1S/C22H27NO2.C22H32O3/c1-4-22(24)10-8-18-16-6-5-15-11-19-14(13-23-25-19)12-20(15,2)17(16)7-9-21(18,22)3;1-4-20(24)25-19-8-7-17-16-6-5-14-13-15(23)9-11-21(14,2)18(16)10-12-22(17,19)3/h1,11,13,16-18,24H,5-10,12H2,2-3H3;13,16-19H,4-12H2,1-3H3. The first-order chi connectivity index (χ1) is 23.8. The number of aromatic nitrogens is 1. The van der Waals surface area contributed by atoms with E-state index in [2.05, 4.69) is 44.8 Å². The second-order valence-electron chi connectivity index (χ2n) is 18.8. The monoisotopic (exact) mass is 681 g/mol. The topological polar surface area (TPSA) is 89.6 Å². The Morgan fingerprint density at radius 3 is 2.30 bits per heavy atom. The molecule has 0 saturated heterocycles. The van der Waals surface area contributed by atoms with Gasteiger partial charge in [-0.1, -0.05) is 56.8 Å². The van der Waals surface area contributed by atoms with E-state index >= 15 is 0 Å². The Bertz CT molecular complexity index is 1660. The second-order valence-corrected chi connectivity index (χ2v) is 18.8. The Labute approximate surface area is 299 Å². The van der Waals surface area contributed by atoms with Gasteiger partial charge in [0.05, 0.1) is 6.20 Å². The molecule has 8 aliphatic rings. The maximum absolute atomic E-state index is 11.9. The van der Waals surface area contributed by atoms with Crippen LogP contribution in [0.3, 0.4) is 0 Å². The molecule has 0 radical (unpaired) electrons. The highest BCUT2D eigenvalue weighted by atomic mass is 16.5. The summed E-state index contributed by atoms with van der Waals surface area (Å²) >= 11 is 0. The molecular weight excluding hydrogens is 622 g/mol. The zero-order chi connectivity index (χ0) is 35.3. The summed E-state index contributed by atoms with van der Waals surface area (Å²) in [5, 5.41) is 15.1. The summed E-state index contributed by atoms with van der Waals surface area (Å²) in [6.07, 6.45) is 28.7. The van der Waals surface area contributed by atoms with Crippen molar-refractivity contribution in [3.8, 4) is 12.3 Å². The Kier molecular flexibility index (Phi) is 8.22. The number of terminal acetylenes is 1. The van der Waals surface area contributed by atoms with Crippen LogP contribution in [0.25, 0.3) is 6.08 Å². The number of aliphatic hydroxyl groups is 1. The van der Waals surface area contributed by atoms with Crippen LogP contribution in [0, 0.1) is 69.5 Å². The van der Waals surface area contributed by atoms with Crippen LogP contribution in [-0.2, 0) is 20.7 Å². The molecule has 0 amide bonds. The SMILES string of the molecule is C#CC1(O)CCC2C3CCC4=Cc5oncc5CC4(C)C3CCC21C.CCC(=O)OC1CCC2C3CCC4=CC(=O)CCC4(C)C3CCC12C. The number of hydrogen-bond donors (Lipinski definition) is 1. The molecule has 1 aromatic heterocycles. The fourth-order valence-corrected chi connectivity index (χ4v) is 14.1. The minimum absolute atomic E-state index is 0.0411. The molecule has 8 aliphatic carbocycles. The van der Waals surface area contributed by atoms with Crippen molar-refractivity contribution in [1.82, 2.24) is 5.16 Å². The van der Waals surface area contributed by atoms with Crippen LogP contribution in [0.2, 0.25) is 0 Å². The van der Waals surface area contributed by atoms with Gasteiger partial charge in [0, 0.05) is 29.2 Å². The number of ketones is 1. The van der Waals surface area contributed by atoms with Crippen LogP contribution in [0.15, 0.2) is 27.9 Å². The first-order valence-electron chi connectivity index (χ1n) is 20.1. The lowest BCUT2D eigenvalue weighted by molar-refractivity contribution is -0.159. The molecule has 6 nitrogen and oxygen atoms in total. The molecule has 1 N–H and O–H groups in total. The Balaban J connectivity index is 0.000000144. The number of hydrogen-bond acceptors (Lipinski definition) is 6. The van der Waals surface area contributed by atoms with E-state index in [0.29, 0.717) is 41.8 Å². The fraction of sp³-hybridized carbons (Fsp3) is 0.750. The van der Waals surface area contributed by atoms with Crippen LogP contribution >= 0.6 is 0 Å². The van der Waals surface area contributed by atoms with Gasteiger partial charge in [-0.3, -0.25) is 9.59 Å². The van der Waals surface area contributed by atoms with Crippen LogP contribution in [0.5, 0.6) is 0 Å². The summed E-state index contributed by atoms with van der Waals surface area (Å²) in [6, 6.07) is 0. The molecule has 270 valence electrons. The Morgan fingerprint density at radius 2 is 1.56 bits per heavy atom. The zero-order valence-electron chi connectivity index (χ0n) is 31.2. The van der Waals surface area contributed by atoms with Crippen molar-refractivity contribution in [2.24, 2.45) is 57.2 Å². The normalized spacial score (nSPS) is 46.8. The predicted molar refractivity (Wildman–Crippen MR) is 193 cm³/mol. The highest BCUT2D eigenvalue weighted by Crippen LogP contribution is 2.68. The number of rotatable bonds is 2. The average Bonchev–Trinajstić information content (AvgIpc) is 3.77. The van der Waals surface area contributed by atoms with Crippen LogP contribution in [-0.4, -0.2) is 33.7 Å². The third-order valence-electron chi connectivity index (χ3n) is 17.1. The quantitative estimate of drug-likeness (QED) is 0.248. The molecule has 6 heteroatoms.